The molecule has 0 N–H and O–H groups in total. The Labute approximate surface area is 100 Å². The summed E-state index contributed by atoms with van der Waals surface area (Å²) in [7, 11) is 0. The highest BCUT2D eigenvalue weighted by Gasteiger charge is 2.24. The van der Waals surface area contributed by atoms with E-state index in [1.54, 1.807) is 11.8 Å². The van der Waals surface area contributed by atoms with E-state index < -0.39 is 5.92 Å². The third-order valence-corrected chi connectivity index (χ3v) is 3.24. The van der Waals surface area contributed by atoms with Gasteiger partial charge in [-0.2, -0.15) is 11.8 Å². The summed E-state index contributed by atoms with van der Waals surface area (Å²) in [6.07, 6.45) is 1.22. The number of halogens is 2. The van der Waals surface area contributed by atoms with Crippen LogP contribution < -0.4 is 0 Å². The van der Waals surface area contributed by atoms with Gasteiger partial charge in [0.25, 0.3) is 0 Å². The molecular formula is C11H20F2O2S. The second-order valence-corrected chi connectivity index (χ2v) is 4.84. The summed E-state index contributed by atoms with van der Waals surface area (Å²) in [5.74, 6) is -1.17. The van der Waals surface area contributed by atoms with E-state index in [4.69, 9.17) is 4.74 Å². The van der Waals surface area contributed by atoms with Crippen molar-refractivity contribution in [1.82, 2.24) is 0 Å². The van der Waals surface area contributed by atoms with Crippen LogP contribution in [0.5, 0.6) is 0 Å². The molecular weight excluding hydrogens is 234 g/mol. The molecule has 0 heterocycles. The second-order valence-electron chi connectivity index (χ2n) is 3.62. The number of carbonyl (C=O) groups is 1. The number of hydrogen-bond donors (Lipinski definition) is 0. The molecule has 0 fully saturated rings. The Morgan fingerprint density at radius 2 is 1.94 bits per heavy atom. The van der Waals surface area contributed by atoms with Crippen LogP contribution in [0.15, 0.2) is 0 Å². The standard InChI is InChI=1S/C11H20F2O2S/c1-3-11(12,13)6-4-8-16-9-5-7-15-10(2)14/h3-9H2,1-2H3. The Morgan fingerprint density at radius 1 is 1.31 bits per heavy atom. The predicted molar refractivity (Wildman–Crippen MR) is 63.0 cm³/mol. The first-order valence-electron chi connectivity index (χ1n) is 5.57. The third kappa shape index (κ3) is 10.2. The van der Waals surface area contributed by atoms with Crippen LogP contribution in [0, 0.1) is 0 Å². The lowest BCUT2D eigenvalue weighted by Gasteiger charge is -2.12. The van der Waals surface area contributed by atoms with Gasteiger partial charge >= 0.3 is 5.97 Å². The van der Waals surface area contributed by atoms with Crippen molar-refractivity contribution in [3.63, 3.8) is 0 Å². The van der Waals surface area contributed by atoms with Gasteiger partial charge in [0.15, 0.2) is 0 Å². The highest BCUT2D eigenvalue weighted by Crippen LogP contribution is 2.24. The molecule has 5 heteroatoms. The number of ether oxygens (including phenoxy) is 1. The Morgan fingerprint density at radius 3 is 2.50 bits per heavy atom. The van der Waals surface area contributed by atoms with E-state index in [9.17, 15) is 13.6 Å². The minimum atomic E-state index is -2.50. The minimum absolute atomic E-state index is 0.0273. The maximum Gasteiger partial charge on any atom is 0.302 e. The fraction of sp³-hybridized carbons (Fsp3) is 0.909. The Balaban J connectivity index is 3.19. The van der Waals surface area contributed by atoms with Crippen LogP contribution in [0.4, 0.5) is 8.78 Å². The Hall–Kier alpha value is -0.320. The fourth-order valence-electron chi connectivity index (χ4n) is 1.09. The first-order valence-corrected chi connectivity index (χ1v) is 6.72. The second kappa shape index (κ2) is 8.79. The zero-order valence-corrected chi connectivity index (χ0v) is 10.7. The number of alkyl halides is 2. The molecule has 0 saturated heterocycles. The largest absolute Gasteiger partial charge is 0.466 e. The summed E-state index contributed by atoms with van der Waals surface area (Å²) in [6.45, 7) is 3.31. The van der Waals surface area contributed by atoms with Crippen LogP contribution in [0.2, 0.25) is 0 Å². The van der Waals surface area contributed by atoms with Crippen molar-refractivity contribution in [3.05, 3.63) is 0 Å². The van der Waals surface area contributed by atoms with Crippen molar-refractivity contribution >= 4 is 17.7 Å². The molecule has 0 atom stereocenters. The highest BCUT2D eigenvalue weighted by atomic mass is 32.2. The molecule has 0 bridgehead atoms. The zero-order valence-electron chi connectivity index (χ0n) is 9.93. The molecule has 0 aliphatic rings. The summed E-state index contributed by atoms with van der Waals surface area (Å²) >= 11 is 1.63. The van der Waals surface area contributed by atoms with E-state index in [2.05, 4.69) is 0 Å². The average molecular weight is 254 g/mol. The molecule has 0 aromatic heterocycles. The molecule has 0 spiro atoms. The first-order chi connectivity index (χ1) is 7.48. The van der Waals surface area contributed by atoms with Crippen LogP contribution in [-0.2, 0) is 9.53 Å². The quantitative estimate of drug-likeness (QED) is 0.465. The van der Waals surface area contributed by atoms with Crippen molar-refractivity contribution in [2.45, 2.75) is 45.5 Å². The van der Waals surface area contributed by atoms with Crippen LogP contribution >= 0.6 is 11.8 Å². The molecule has 0 aromatic carbocycles. The molecule has 0 radical (unpaired) electrons. The van der Waals surface area contributed by atoms with Gasteiger partial charge in [-0.1, -0.05) is 6.92 Å². The van der Waals surface area contributed by atoms with E-state index in [0.717, 1.165) is 17.9 Å². The van der Waals surface area contributed by atoms with Gasteiger partial charge in [-0.05, 0) is 24.3 Å². The number of thioether (sulfide) groups is 1. The van der Waals surface area contributed by atoms with Crippen molar-refractivity contribution in [3.8, 4) is 0 Å². The molecule has 2 nitrogen and oxygen atoms in total. The SMILES string of the molecule is CCC(F)(F)CCCSCCCOC(C)=O. The number of carbonyl (C=O) groups excluding carboxylic acids is 1. The molecule has 0 aliphatic carbocycles. The van der Waals surface area contributed by atoms with Gasteiger partial charge in [-0.25, -0.2) is 8.78 Å². The van der Waals surface area contributed by atoms with Crippen molar-refractivity contribution in [2.75, 3.05) is 18.1 Å². The molecule has 16 heavy (non-hydrogen) atoms. The van der Waals surface area contributed by atoms with Crippen LogP contribution in [0.1, 0.15) is 39.5 Å². The van der Waals surface area contributed by atoms with Crippen LogP contribution in [0.25, 0.3) is 0 Å². The lowest BCUT2D eigenvalue weighted by atomic mass is 10.1. The maximum absolute atomic E-state index is 12.8. The van der Waals surface area contributed by atoms with E-state index in [0.29, 0.717) is 13.0 Å². The maximum atomic E-state index is 12.8. The lowest BCUT2D eigenvalue weighted by Crippen LogP contribution is -2.14. The molecule has 0 saturated carbocycles. The highest BCUT2D eigenvalue weighted by molar-refractivity contribution is 7.99. The average Bonchev–Trinajstić information content (AvgIpc) is 2.21. The van der Waals surface area contributed by atoms with Gasteiger partial charge in [0.2, 0.25) is 5.92 Å². The fourth-order valence-corrected chi connectivity index (χ4v) is 1.96. The summed E-state index contributed by atoms with van der Waals surface area (Å²) in [4.78, 5) is 10.4. The van der Waals surface area contributed by atoms with Gasteiger partial charge < -0.3 is 4.74 Å². The van der Waals surface area contributed by atoms with Crippen LogP contribution in [-0.4, -0.2) is 30.0 Å². The van der Waals surface area contributed by atoms with Crippen molar-refractivity contribution < 1.29 is 18.3 Å². The summed E-state index contributed by atoms with van der Waals surface area (Å²) in [5.41, 5.74) is 0. The number of esters is 1. The molecule has 96 valence electrons. The first kappa shape index (κ1) is 15.7. The monoisotopic (exact) mass is 254 g/mol. The van der Waals surface area contributed by atoms with E-state index in [1.165, 1.54) is 13.8 Å². The topological polar surface area (TPSA) is 26.3 Å². The number of rotatable bonds is 9. The van der Waals surface area contributed by atoms with Crippen molar-refractivity contribution in [1.29, 1.82) is 0 Å². The molecule has 0 unspecified atom stereocenters. The van der Waals surface area contributed by atoms with Gasteiger partial charge in [-0.15, -0.1) is 0 Å². The summed E-state index contributed by atoms with van der Waals surface area (Å²) < 4.78 is 30.4. The van der Waals surface area contributed by atoms with Gasteiger partial charge in [0.05, 0.1) is 6.61 Å². The molecule has 0 aliphatic heterocycles. The summed E-state index contributed by atoms with van der Waals surface area (Å²) in [6, 6.07) is 0. The van der Waals surface area contributed by atoms with Gasteiger partial charge in [0, 0.05) is 19.8 Å². The summed E-state index contributed by atoms with van der Waals surface area (Å²) in [5, 5.41) is 0. The van der Waals surface area contributed by atoms with E-state index >= 15 is 0 Å². The van der Waals surface area contributed by atoms with E-state index in [1.807, 2.05) is 0 Å². The van der Waals surface area contributed by atoms with E-state index in [-0.39, 0.29) is 18.8 Å². The van der Waals surface area contributed by atoms with Gasteiger partial charge in [0.1, 0.15) is 0 Å². The van der Waals surface area contributed by atoms with Crippen LogP contribution in [0.3, 0.4) is 0 Å². The Kier molecular flexibility index (Phi) is 8.61. The number of hydrogen-bond acceptors (Lipinski definition) is 3. The normalized spacial score (nSPS) is 11.5. The smallest absolute Gasteiger partial charge is 0.302 e. The predicted octanol–water partition coefficient (Wildman–Crippen LogP) is 3.50. The van der Waals surface area contributed by atoms with Crippen molar-refractivity contribution in [2.24, 2.45) is 0 Å². The third-order valence-electron chi connectivity index (χ3n) is 2.09. The minimum Gasteiger partial charge on any atom is -0.466 e. The zero-order chi connectivity index (χ0) is 12.4. The molecule has 0 rings (SSSR count). The van der Waals surface area contributed by atoms with Gasteiger partial charge in [-0.3, -0.25) is 4.79 Å². The molecule has 0 amide bonds. The Bertz CT molecular complexity index is 198. The lowest BCUT2D eigenvalue weighted by molar-refractivity contribution is -0.140. The molecule has 0 aromatic rings.